The number of carbonyl (C=O) groups is 1. The number of nitriles is 1. The molecule has 17 heavy (non-hydrogen) atoms. The molecule has 4 fully saturated rings. The number of carbonyl (C=O) groups excluding carboxylic acids is 1. The molecule has 0 aromatic carbocycles. The molecule has 0 aromatic rings. The summed E-state index contributed by atoms with van der Waals surface area (Å²) in [5.74, 6) is 2.31. The van der Waals surface area contributed by atoms with E-state index in [0.29, 0.717) is 11.8 Å². The van der Waals surface area contributed by atoms with Gasteiger partial charge in [-0.25, -0.2) is 4.79 Å². The van der Waals surface area contributed by atoms with Crippen molar-refractivity contribution in [3.05, 3.63) is 12.2 Å². The van der Waals surface area contributed by atoms with Gasteiger partial charge in [-0.3, -0.25) is 0 Å². The molecule has 0 aromatic heterocycles. The van der Waals surface area contributed by atoms with E-state index >= 15 is 0 Å². The highest BCUT2D eigenvalue weighted by Crippen LogP contribution is 2.54. The number of hydrogen-bond acceptors (Lipinski definition) is 3. The molecule has 4 bridgehead atoms. The Bertz CT molecular complexity index is 379. The summed E-state index contributed by atoms with van der Waals surface area (Å²) in [6.45, 7) is 3.42. The Morgan fingerprint density at radius 3 is 2.12 bits per heavy atom. The summed E-state index contributed by atoms with van der Waals surface area (Å²) in [6.07, 6.45) is 6.29. The number of esters is 1. The van der Waals surface area contributed by atoms with E-state index in [1.807, 2.05) is 0 Å². The third-order valence-corrected chi connectivity index (χ3v) is 4.76. The van der Waals surface area contributed by atoms with Crippen LogP contribution in [0.15, 0.2) is 12.2 Å². The van der Waals surface area contributed by atoms with Gasteiger partial charge in [0.05, 0.1) is 0 Å². The van der Waals surface area contributed by atoms with Crippen LogP contribution in [-0.2, 0) is 9.53 Å². The Balaban J connectivity index is 1.71. The zero-order chi connectivity index (χ0) is 12.0. The van der Waals surface area contributed by atoms with E-state index in [0.717, 1.165) is 11.8 Å². The predicted octanol–water partition coefficient (Wildman–Crippen LogP) is 2.43. The van der Waals surface area contributed by atoms with Gasteiger partial charge in [-0.2, -0.15) is 5.26 Å². The van der Waals surface area contributed by atoms with Crippen LogP contribution in [0.1, 0.15) is 32.1 Å². The number of rotatable bonds is 2. The first-order chi connectivity index (χ1) is 8.17. The minimum absolute atomic E-state index is 0.0559. The molecule has 4 rings (SSSR count). The maximum atomic E-state index is 11.6. The van der Waals surface area contributed by atoms with Crippen molar-refractivity contribution >= 4 is 5.97 Å². The molecule has 0 saturated heterocycles. The van der Waals surface area contributed by atoms with Gasteiger partial charge in [-0.1, -0.05) is 6.58 Å². The third-order valence-electron chi connectivity index (χ3n) is 4.76. The van der Waals surface area contributed by atoms with Crippen molar-refractivity contribution in [1.29, 1.82) is 5.26 Å². The quantitative estimate of drug-likeness (QED) is 0.416. The largest absolute Gasteiger partial charge is 0.458 e. The molecule has 4 aliphatic rings. The Labute approximate surface area is 101 Å². The van der Waals surface area contributed by atoms with E-state index in [1.165, 1.54) is 32.1 Å². The summed E-state index contributed by atoms with van der Waals surface area (Å²) in [5, 5.41) is 8.64. The lowest BCUT2D eigenvalue weighted by atomic mass is 9.55. The average molecular weight is 231 g/mol. The number of nitrogens with zero attached hydrogens (tertiary/aromatic N) is 1. The Kier molecular flexibility index (Phi) is 2.47. The highest BCUT2D eigenvalue weighted by Gasteiger charge is 2.49. The molecular weight excluding hydrogens is 214 g/mol. The summed E-state index contributed by atoms with van der Waals surface area (Å²) in [4.78, 5) is 11.6. The molecule has 0 atom stereocenters. The second-order valence-corrected chi connectivity index (χ2v) is 5.89. The van der Waals surface area contributed by atoms with Crippen molar-refractivity contribution in [2.24, 2.45) is 23.7 Å². The Morgan fingerprint density at radius 2 is 1.65 bits per heavy atom. The van der Waals surface area contributed by atoms with Crippen LogP contribution in [0.2, 0.25) is 0 Å². The minimum atomic E-state index is -0.509. The van der Waals surface area contributed by atoms with Gasteiger partial charge in [0.2, 0.25) is 0 Å². The number of hydrogen-bond donors (Lipinski definition) is 0. The van der Waals surface area contributed by atoms with E-state index in [2.05, 4.69) is 6.58 Å². The maximum absolute atomic E-state index is 11.6. The van der Waals surface area contributed by atoms with Crippen LogP contribution in [0.3, 0.4) is 0 Å². The molecular formula is C14H17NO2. The van der Waals surface area contributed by atoms with E-state index in [1.54, 1.807) is 6.07 Å². The highest BCUT2D eigenvalue weighted by atomic mass is 16.5. The maximum Gasteiger partial charge on any atom is 0.348 e. The summed E-state index contributed by atoms with van der Waals surface area (Å²) in [6, 6.07) is 1.77. The topological polar surface area (TPSA) is 50.1 Å². The molecule has 4 saturated carbocycles. The van der Waals surface area contributed by atoms with Gasteiger partial charge in [-0.05, 0) is 55.8 Å². The smallest absolute Gasteiger partial charge is 0.348 e. The molecule has 3 nitrogen and oxygen atoms in total. The van der Waals surface area contributed by atoms with Crippen LogP contribution in [0.25, 0.3) is 0 Å². The first kappa shape index (κ1) is 10.8. The fourth-order valence-electron chi connectivity index (χ4n) is 4.31. The van der Waals surface area contributed by atoms with E-state index in [-0.39, 0.29) is 11.7 Å². The van der Waals surface area contributed by atoms with Crippen molar-refractivity contribution < 1.29 is 9.53 Å². The molecule has 0 N–H and O–H groups in total. The van der Waals surface area contributed by atoms with Crippen molar-refractivity contribution in [2.45, 2.75) is 38.2 Å². The van der Waals surface area contributed by atoms with Crippen LogP contribution >= 0.6 is 0 Å². The van der Waals surface area contributed by atoms with Gasteiger partial charge in [0.1, 0.15) is 17.7 Å². The first-order valence-corrected chi connectivity index (χ1v) is 6.47. The van der Waals surface area contributed by atoms with E-state index in [9.17, 15) is 4.79 Å². The van der Waals surface area contributed by atoms with E-state index in [4.69, 9.17) is 10.00 Å². The molecule has 0 amide bonds. The molecule has 90 valence electrons. The average Bonchev–Trinajstić information content (AvgIpc) is 2.31. The lowest BCUT2D eigenvalue weighted by Gasteiger charge is -2.53. The van der Waals surface area contributed by atoms with Crippen LogP contribution < -0.4 is 0 Å². The fraction of sp³-hybridized carbons (Fsp3) is 0.714. The van der Waals surface area contributed by atoms with Gasteiger partial charge >= 0.3 is 5.97 Å². The number of ether oxygens (including phenoxy) is 1. The Morgan fingerprint density at radius 1 is 1.12 bits per heavy atom. The lowest BCUT2D eigenvalue weighted by Crippen LogP contribution is -2.50. The second kappa shape index (κ2) is 3.87. The zero-order valence-corrected chi connectivity index (χ0v) is 9.89. The molecule has 4 aliphatic carbocycles. The zero-order valence-electron chi connectivity index (χ0n) is 9.89. The monoisotopic (exact) mass is 231 g/mol. The van der Waals surface area contributed by atoms with Crippen LogP contribution in [0.4, 0.5) is 0 Å². The molecule has 0 spiro atoms. The summed E-state index contributed by atoms with van der Waals surface area (Å²) < 4.78 is 5.52. The summed E-state index contributed by atoms with van der Waals surface area (Å²) >= 11 is 0. The van der Waals surface area contributed by atoms with Crippen molar-refractivity contribution in [2.75, 3.05) is 0 Å². The van der Waals surface area contributed by atoms with Crippen LogP contribution in [0, 0.1) is 35.0 Å². The molecule has 0 unspecified atom stereocenters. The van der Waals surface area contributed by atoms with Gasteiger partial charge in [0.25, 0.3) is 0 Å². The van der Waals surface area contributed by atoms with Gasteiger partial charge < -0.3 is 4.74 Å². The minimum Gasteiger partial charge on any atom is -0.458 e. The van der Waals surface area contributed by atoms with E-state index < -0.39 is 5.97 Å². The van der Waals surface area contributed by atoms with Gasteiger partial charge in [-0.15, -0.1) is 0 Å². The lowest BCUT2D eigenvalue weighted by molar-refractivity contribution is -0.165. The van der Waals surface area contributed by atoms with Crippen LogP contribution in [0.5, 0.6) is 0 Å². The standard InChI is InChI=1S/C14H17NO2/c1-8(7-15)14(16)17-13-11-3-9-2-10(5-11)6-12(13)4-9/h9-13H,1-6H2. The predicted molar refractivity (Wildman–Crippen MR) is 61.7 cm³/mol. The molecule has 0 radical (unpaired) electrons. The second-order valence-electron chi connectivity index (χ2n) is 5.89. The normalized spacial score (nSPS) is 41.9. The van der Waals surface area contributed by atoms with Crippen molar-refractivity contribution in [3.63, 3.8) is 0 Å². The SMILES string of the molecule is C=C(C#N)C(=O)OC1C2CC3CC(C2)CC1C3. The third kappa shape index (κ3) is 1.76. The molecule has 0 aliphatic heterocycles. The first-order valence-electron chi connectivity index (χ1n) is 6.47. The van der Waals surface area contributed by atoms with Crippen molar-refractivity contribution in [1.82, 2.24) is 0 Å². The highest BCUT2D eigenvalue weighted by molar-refractivity contribution is 5.92. The summed E-state index contributed by atoms with van der Waals surface area (Å²) in [5.41, 5.74) is -0.0705. The van der Waals surface area contributed by atoms with Crippen LogP contribution in [-0.4, -0.2) is 12.1 Å². The van der Waals surface area contributed by atoms with Gasteiger partial charge in [0.15, 0.2) is 0 Å². The fourth-order valence-corrected chi connectivity index (χ4v) is 4.31. The van der Waals surface area contributed by atoms with Crippen molar-refractivity contribution in [3.8, 4) is 6.07 Å². The molecule has 3 heteroatoms. The van der Waals surface area contributed by atoms with Gasteiger partial charge in [0, 0.05) is 0 Å². The molecule has 0 heterocycles. The Hall–Kier alpha value is -1.30. The summed E-state index contributed by atoms with van der Waals surface area (Å²) in [7, 11) is 0.